The number of carbonyl (C=O) groups excluding carboxylic acids is 1. The Bertz CT molecular complexity index is 570. The summed E-state index contributed by atoms with van der Waals surface area (Å²) in [5.41, 5.74) is 6.13. The Morgan fingerprint density at radius 1 is 1.40 bits per heavy atom. The minimum atomic E-state index is -3.51. The molecule has 3 N–H and O–H groups in total. The van der Waals surface area contributed by atoms with Crippen LogP contribution >= 0.6 is 0 Å². The standard InChI is InChI=1S/C13H21N3O3S/c1-4-6-12(14)13(17)15-10-7-5-8-11(9-10)20(18,19)16(2)3/h5,7-9,12H,4,6,14H2,1-3H3,(H,15,17)/t12-/m1/s1. The van der Waals surface area contributed by atoms with E-state index in [1.165, 1.54) is 26.2 Å². The molecule has 7 heteroatoms. The Morgan fingerprint density at radius 2 is 2.05 bits per heavy atom. The van der Waals surface area contributed by atoms with Gasteiger partial charge in [0.1, 0.15) is 0 Å². The topological polar surface area (TPSA) is 92.5 Å². The van der Waals surface area contributed by atoms with Crippen molar-refractivity contribution >= 4 is 21.6 Å². The van der Waals surface area contributed by atoms with E-state index in [1.807, 2.05) is 6.92 Å². The largest absolute Gasteiger partial charge is 0.325 e. The normalized spacial score (nSPS) is 13.2. The molecule has 0 fully saturated rings. The number of rotatable bonds is 6. The number of amides is 1. The maximum Gasteiger partial charge on any atom is 0.242 e. The number of hydrogen-bond donors (Lipinski definition) is 2. The zero-order valence-corrected chi connectivity index (χ0v) is 12.8. The van der Waals surface area contributed by atoms with Crippen molar-refractivity contribution in [3.63, 3.8) is 0 Å². The van der Waals surface area contributed by atoms with E-state index in [-0.39, 0.29) is 10.8 Å². The summed E-state index contributed by atoms with van der Waals surface area (Å²) in [5.74, 6) is -0.314. The van der Waals surface area contributed by atoms with Crippen LogP contribution in [0.25, 0.3) is 0 Å². The molecule has 1 atom stereocenters. The summed E-state index contributed by atoms with van der Waals surface area (Å²) >= 11 is 0. The van der Waals surface area contributed by atoms with Crippen LogP contribution in [0.1, 0.15) is 19.8 Å². The summed E-state index contributed by atoms with van der Waals surface area (Å²) in [5, 5.41) is 2.63. The van der Waals surface area contributed by atoms with Gasteiger partial charge in [-0.3, -0.25) is 4.79 Å². The molecule has 112 valence electrons. The molecule has 0 aromatic heterocycles. The summed E-state index contributed by atoms with van der Waals surface area (Å²) < 4.78 is 25.1. The molecule has 0 saturated heterocycles. The highest BCUT2D eigenvalue weighted by molar-refractivity contribution is 7.89. The van der Waals surface area contributed by atoms with Crippen LogP contribution in [0.15, 0.2) is 29.2 Å². The molecule has 20 heavy (non-hydrogen) atoms. The maximum atomic E-state index is 12.0. The molecule has 0 saturated carbocycles. The van der Waals surface area contributed by atoms with E-state index in [2.05, 4.69) is 5.32 Å². The lowest BCUT2D eigenvalue weighted by molar-refractivity contribution is -0.117. The Kier molecular flexibility index (Phi) is 5.67. The first-order valence-corrected chi connectivity index (χ1v) is 7.82. The van der Waals surface area contributed by atoms with E-state index >= 15 is 0 Å². The van der Waals surface area contributed by atoms with Gasteiger partial charge < -0.3 is 11.1 Å². The number of carbonyl (C=O) groups is 1. The molecule has 0 radical (unpaired) electrons. The Hall–Kier alpha value is -1.44. The van der Waals surface area contributed by atoms with Crippen LogP contribution in [0.4, 0.5) is 5.69 Å². The van der Waals surface area contributed by atoms with E-state index in [0.717, 1.165) is 10.7 Å². The lowest BCUT2D eigenvalue weighted by Gasteiger charge is -2.14. The second-order valence-electron chi connectivity index (χ2n) is 4.70. The molecule has 0 aliphatic heterocycles. The molecular formula is C13H21N3O3S. The van der Waals surface area contributed by atoms with E-state index in [9.17, 15) is 13.2 Å². The van der Waals surface area contributed by atoms with E-state index in [1.54, 1.807) is 12.1 Å². The quantitative estimate of drug-likeness (QED) is 0.819. The number of anilines is 1. The van der Waals surface area contributed by atoms with Gasteiger partial charge in [0.25, 0.3) is 0 Å². The first kappa shape index (κ1) is 16.6. The van der Waals surface area contributed by atoms with Gasteiger partial charge in [-0.15, -0.1) is 0 Å². The van der Waals surface area contributed by atoms with Gasteiger partial charge in [-0.05, 0) is 24.6 Å². The van der Waals surface area contributed by atoms with Gasteiger partial charge in [-0.2, -0.15) is 0 Å². The van der Waals surface area contributed by atoms with Gasteiger partial charge in [0.05, 0.1) is 10.9 Å². The third-order valence-corrected chi connectivity index (χ3v) is 4.63. The molecule has 1 aromatic carbocycles. The SMILES string of the molecule is CCC[C@@H](N)C(=O)Nc1cccc(S(=O)(=O)N(C)C)c1. The lowest BCUT2D eigenvalue weighted by Crippen LogP contribution is -2.35. The van der Waals surface area contributed by atoms with Crippen molar-refractivity contribution < 1.29 is 13.2 Å². The summed E-state index contributed by atoms with van der Waals surface area (Å²) in [6, 6.07) is 5.53. The Labute approximate surface area is 120 Å². The number of nitrogens with zero attached hydrogens (tertiary/aromatic N) is 1. The van der Waals surface area contributed by atoms with Crippen molar-refractivity contribution in [1.29, 1.82) is 0 Å². The van der Waals surface area contributed by atoms with Crippen molar-refractivity contribution in [3.05, 3.63) is 24.3 Å². The molecule has 0 aliphatic rings. The number of nitrogens with two attached hydrogens (primary N) is 1. The third-order valence-electron chi connectivity index (χ3n) is 2.82. The predicted octanol–water partition coefficient (Wildman–Crippen LogP) is 1.00. The van der Waals surface area contributed by atoms with E-state index in [0.29, 0.717) is 12.1 Å². The average Bonchev–Trinajstić information content (AvgIpc) is 2.39. The van der Waals surface area contributed by atoms with Crippen LogP contribution in [0.5, 0.6) is 0 Å². The molecule has 0 spiro atoms. The molecule has 0 bridgehead atoms. The van der Waals surface area contributed by atoms with Gasteiger partial charge >= 0.3 is 0 Å². The molecule has 0 unspecified atom stereocenters. The molecule has 1 amide bonds. The van der Waals surface area contributed by atoms with Crippen molar-refractivity contribution in [2.45, 2.75) is 30.7 Å². The van der Waals surface area contributed by atoms with Gasteiger partial charge in [-0.1, -0.05) is 19.4 Å². The summed E-state index contributed by atoms with van der Waals surface area (Å²) in [6.45, 7) is 1.94. The Morgan fingerprint density at radius 3 is 2.60 bits per heavy atom. The van der Waals surface area contributed by atoms with Crippen LogP contribution < -0.4 is 11.1 Å². The molecule has 1 rings (SSSR count). The molecular weight excluding hydrogens is 278 g/mol. The molecule has 0 aliphatic carbocycles. The highest BCUT2D eigenvalue weighted by atomic mass is 32.2. The zero-order chi connectivity index (χ0) is 15.3. The summed E-state index contributed by atoms with van der Waals surface area (Å²) in [7, 11) is -0.603. The summed E-state index contributed by atoms with van der Waals surface area (Å²) in [6.07, 6.45) is 1.39. The van der Waals surface area contributed by atoms with Crippen molar-refractivity contribution in [1.82, 2.24) is 4.31 Å². The third kappa shape index (κ3) is 4.03. The monoisotopic (exact) mass is 299 g/mol. The van der Waals surface area contributed by atoms with Gasteiger partial charge in [0.15, 0.2) is 0 Å². The fourth-order valence-corrected chi connectivity index (χ4v) is 2.57. The van der Waals surface area contributed by atoms with Crippen LogP contribution in [0.3, 0.4) is 0 Å². The summed E-state index contributed by atoms with van der Waals surface area (Å²) in [4.78, 5) is 11.9. The number of sulfonamides is 1. The molecule has 0 heterocycles. The van der Waals surface area contributed by atoms with Gasteiger partial charge in [0.2, 0.25) is 15.9 Å². The van der Waals surface area contributed by atoms with Crippen molar-refractivity contribution in [2.75, 3.05) is 19.4 Å². The van der Waals surface area contributed by atoms with E-state index in [4.69, 9.17) is 5.73 Å². The van der Waals surface area contributed by atoms with Crippen molar-refractivity contribution in [3.8, 4) is 0 Å². The highest BCUT2D eigenvalue weighted by Crippen LogP contribution is 2.18. The van der Waals surface area contributed by atoms with E-state index < -0.39 is 16.1 Å². The fourth-order valence-electron chi connectivity index (χ4n) is 1.62. The molecule has 1 aromatic rings. The van der Waals surface area contributed by atoms with Gasteiger partial charge in [-0.25, -0.2) is 12.7 Å². The first-order valence-electron chi connectivity index (χ1n) is 6.38. The molecule has 6 nitrogen and oxygen atoms in total. The minimum absolute atomic E-state index is 0.129. The number of hydrogen-bond acceptors (Lipinski definition) is 4. The Balaban J connectivity index is 2.92. The van der Waals surface area contributed by atoms with Crippen molar-refractivity contribution in [2.24, 2.45) is 5.73 Å². The second kappa shape index (κ2) is 6.83. The first-order chi connectivity index (χ1) is 9.28. The maximum absolute atomic E-state index is 12.0. The minimum Gasteiger partial charge on any atom is -0.325 e. The smallest absolute Gasteiger partial charge is 0.242 e. The van der Waals surface area contributed by atoms with Crippen LogP contribution in [0.2, 0.25) is 0 Å². The van der Waals surface area contributed by atoms with Gasteiger partial charge in [0, 0.05) is 19.8 Å². The zero-order valence-electron chi connectivity index (χ0n) is 12.0. The second-order valence-corrected chi connectivity index (χ2v) is 6.85. The average molecular weight is 299 g/mol. The highest BCUT2D eigenvalue weighted by Gasteiger charge is 2.18. The predicted molar refractivity (Wildman–Crippen MR) is 78.8 cm³/mol. The van der Waals surface area contributed by atoms with Crippen LogP contribution in [-0.2, 0) is 14.8 Å². The fraction of sp³-hybridized carbons (Fsp3) is 0.462. The van der Waals surface area contributed by atoms with Crippen LogP contribution in [-0.4, -0.2) is 38.8 Å². The number of nitrogens with one attached hydrogen (secondary N) is 1. The van der Waals surface area contributed by atoms with Crippen LogP contribution in [0, 0.1) is 0 Å². The lowest BCUT2D eigenvalue weighted by atomic mass is 10.1. The number of benzene rings is 1.